The summed E-state index contributed by atoms with van der Waals surface area (Å²) in [7, 11) is 0. The van der Waals surface area contributed by atoms with Gasteiger partial charge < -0.3 is 5.32 Å². The van der Waals surface area contributed by atoms with Gasteiger partial charge in [-0.25, -0.2) is 0 Å². The molecule has 1 N–H and O–H groups in total. The number of nitro benzene ring substituents is 1. The Labute approximate surface area is 124 Å². The number of nitro groups is 1. The monoisotopic (exact) mass is 295 g/mol. The quantitative estimate of drug-likeness (QED) is 0.647. The van der Waals surface area contributed by atoms with Crippen LogP contribution in [-0.2, 0) is 6.54 Å². The standard InChI is InChI=1S/C15H22FN3O2/c1-2-18(11-13-5-3-4-8-17-13)10-12-6-7-15(19(20)21)14(16)9-12/h6-7,9,13,17H,2-5,8,10-11H2,1H3. The number of piperidine rings is 1. The van der Waals surface area contributed by atoms with Gasteiger partial charge in [-0.2, -0.15) is 4.39 Å². The van der Waals surface area contributed by atoms with Gasteiger partial charge in [0.05, 0.1) is 4.92 Å². The Kier molecular flexibility index (Phi) is 5.64. The summed E-state index contributed by atoms with van der Waals surface area (Å²) in [5.41, 5.74) is 0.312. The fourth-order valence-electron chi connectivity index (χ4n) is 2.75. The topological polar surface area (TPSA) is 58.4 Å². The second-order valence-corrected chi connectivity index (χ2v) is 5.52. The van der Waals surface area contributed by atoms with Crippen LogP contribution in [-0.4, -0.2) is 35.5 Å². The van der Waals surface area contributed by atoms with Gasteiger partial charge in [-0.05, 0) is 37.6 Å². The maximum atomic E-state index is 13.6. The zero-order valence-corrected chi connectivity index (χ0v) is 12.3. The molecule has 2 rings (SSSR count). The van der Waals surface area contributed by atoms with Crippen LogP contribution in [0.4, 0.5) is 10.1 Å². The van der Waals surface area contributed by atoms with Gasteiger partial charge in [0.1, 0.15) is 0 Å². The van der Waals surface area contributed by atoms with E-state index in [4.69, 9.17) is 0 Å². The van der Waals surface area contributed by atoms with Gasteiger partial charge in [0.15, 0.2) is 0 Å². The van der Waals surface area contributed by atoms with E-state index in [1.165, 1.54) is 31.4 Å². The molecule has 5 nitrogen and oxygen atoms in total. The maximum absolute atomic E-state index is 13.6. The molecule has 0 amide bonds. The molecule has 0 bridgehead atoms. The zero-order valence-electron chi connectivity index (χ0n) is 12.3. The van der Waals surface area contributed by atoms with Crippen molar-refractivity contribution in [2.45, 2.75) is 38.8 Å². The lowest BCUT2D eigenvalue weighted by molar-refractivity contribution is -0.387. The van der Waals surface area contributed by atoms with Crippen molar-refractivity contribution >= 4 is 5.69 Å². The third-order valence-electron chi connectivity index (χ3n) is 3.95. The first-order valence-electron chi connectivity index (χ1n) is 7.48. The third-order valence-corrected chi connectivity index (χ3v) is 3.95. The number of likely N-dealkylation sites (N-methyl/N-ethyl adjacent to an activating group) is 1. The van der Waals surface area contributed by atoms with Crippen molar-refractivity contribution in [3.8, 4) is 0 Å². The van der Waals surface area contributed by atoms with Gasteiger partial charge in [0.25, 0.3) is 0 Å². The van der Waals surface area contributed by atoms with Gasteiger partial charge in [-0.3, -0.25) is 15.0 Å². The van der Waals surface area contributed by atoms with E-state index >= 15 is 0 Å². The van der Waals surface area contributed by atoms with Crippen molar-refractivity contribution in [3.63, 3.8) is 0 Å². The van der Waals surface area contributed by atoms with E-state index in [-0.39, 0.29) is 0 Å². The van der Waals surface area contributed by atoms with E-state index in [0.717, 1.165) is 25.2 Å². The summed E-state index contributed by atoms with van der Waals surface area (Å²) in [4.78, 5) is 12.2. The lowest BCUT2D eigenvalue weighted by Gasteiger charge is -2.30. The highest BCUT2D eigenvalue weighted by Gasteiger charge is 2.18. The van der Waals surface area contributed by atoms with Crippen LogP contribution in [0.1, 0.15) is 31.7 Å². The predicted molar refractivity (Wildman–Crippen MR) is 79.6 cm³/mol. The number of nitrogens with zero attached hydrogens (tertiary/aromatic N) is 2. The fraction of sp³-hybridized carbons (Fsp3) is 0.600. The number of hydrogen-bond donors (Lipinski definition) is 1. The second kappa shape index (κ2) is 7.47. The van der Waals surface area contributed by atoms with Gasteiger partial charge in [-0.15, -0.1) is 0 Å². The van der Waals surface area contributed by atoms with Crippen LogP contribution in [0.3, 0.4) is 0 Å². The Balaban J connectivity index is 1.97. The van der Waals surface area contributed by atoms with Crippen LogP contribution < -0.4 is 5.32 Å². The van der Waals surface area contributed by atoms with E-state index in [1.54, 1.807) is 6.07 Å². The zero-order chi connectivity index (χ0) is 15.2. The Morgan fingerprint density at radius 2 is 2.29 bits per heavy atom. The minimum atomic E-state index is -0.760. The predicted octanol–water partition coefficient (Wildman–Crippen LogP) is 2.70. The molecule has 6 heteroatoms. The van der Waals surface area contributed by atoms with E-state index in [2.05, 4.69) is 17.1 Å². The molecule has 1 atom stereocenters. The van der Waals surface area contributed by atoms with E-state index in [9.17, 15) is 14.5 Å². The van der Waals surface area contributed by atoms with Crippen LogP contribution in [0.25, 0.3) is 0 Å². The summed E-state index contributed by atoms with van der Waals surface area (Å²) in [6.07, 6.45) is 3.66. The number of halogens is 1. The first-order valence-corrected chi connectivity index (χ1v) is 7.48. The van der Waals surface area contributed by atoms with Crippen molar-refractivity contribution in [1.82, 2.24) is 10.2 Å². The summed E-state index contributed by atoms with van der Waals surface area (Å²) in [5, 5.41) is 14.1. The van der Waals surface area contributed by atoms with Gasteiger partial charge in [0, 0.05) is 25.2 Å². The summed E-state index contributed by atoms with van der Waals surface area (Å²) in [5.74, 6) is -0.760. The molecule has 0 spiro atoms. The molecule has 0 radical (unpaired) electrons. The van der Waals surface area contributed by atoms with Crippen LogP contribution >= 0.6 is 0 Å². The molecule has 1 aliphatic rings. The smallest absolute Gasteiger partial charge is 0.304 e. The highest BCUT2D eigenvalue weighted by atomic mass is 19.1. The molecule has 0 saturated carbocycles. The van der Waals surface area contributed by atoms with E-state index in [1.807, 2.05) is 0 Å². The van der Waals surface area contributed by atoms with Crippen LogP contribution in [0.2, 0.25) is 0 Å². The Morgan fingerprint density at radius 1 is 1.48 bits per heavy atom. The molecule has 1 heterocycles. The van der Waals surface area contributed by atoms with Crippen molar-refractivity contribution in [2.24, 2.45) is 0 Å². The lowest BCUT2D eigenvalue weighted by atomic mass is 10.0. The Hall–Kier alpha value is -1.53. The molecule has 1 saturated heterocycles. The average Bonchev–Trinajstić information content (AvgIpc) is 2.47. The molecule has 1 aliphatic heterocycles. The molecule has 0 aliphatic carbocycles. The summed E-state index contributed by atoms with van der Waals surface area (Å²) >= 11 is 0. The molecular formula is C15H22FN3O2. The molecule has 0 aromatic heterocycles. The molecule has 1 aromatic carbocycles. The Morgan fingerprint density at radius 3 is 2.86 bits per heavy atom. The van der Waals surface area contributed by atoms with Gasteiger partial charge in [-0.1, -0.05) is 19.4 Å². The molecule has 116 valence electrons. The van der Waals surface area contributed by atoms with Crippen LogP contribution in [0, 0.1) is 15.9 Å². The SMILES string of the molecule is CCN(Cc1ccc([N+](=O)[O-])c(F)c1)CC1CCCCN1. The van der Waals surface area contributed by atoms with Gasteiger partial charge in [0.2, 0.25) is 5.82 Å². The highest BCUT2D eigenvalue weighted by Crippen LogP contribution is 2.19. The fourth-order valence-corrected chi connectivity index (χ4v) is 2.75. The van der Waals surface area contributed by atoms with Crippen LogP contribution in [0.5, 0.6) is 0 Å². The van der Waals surface area contributed by atoms with E-state index in [0.29, 0.717) is 12.6 Å². The lowest BCUT2D eigenvalue weighted by Crippen LogP contribution is -2.43. The van der Waals surface area contributed by atoms with Crippen molar-refractivity contribution in [3.05, 3.63) is 39.7 Å². The van der Waals surface area contributed by atoms with Gasteiger partial charge >= 0.3 is 5.69 Å². The number of hydrogen-bond acceptors (Lipinski definition) is 4. The van der Waals surface area contributed by atoms with E-state index < -0.39 is 16.4 Å². The minimum absolute atomic E-state index is 0.462. The average molecular weight is 295 g/mol. The van der Waals surface area contributed by atoms with Crippen molar-refractivity contribution in [2.75, 3.05) is 19.6 Å². The first kappa shape index (κ1) is 15.9. The second-order valence-electron chi connectivity index (χ2n) is 5.52. The van der Waals surface area contributed by atoms with Crippen molar-refractivity contribution < 1.29 is 9.31 Å². The number of benzene rings is 1. The normalized spacial score (nSPS) is 18.9. The number of rotatable bonds is 6. The molecule has 1 aromatic rings. The van der Waals surface area contributed by atoms with Crippen LogP contribution in [0.15, 0.2) is 18.2 Å². The third kappa shape index (κ3) is 4.47. The minimum Gasteiger partial charge on any atom is -0.313 e. The molecule has 1 unspecified atom stereocenters. The first-order chi connectivity index (χ1) is 10.1. The number of nitrogens with one attached hydrogen (secondary N) is 1. The van der Waals surface area contributed by atoms with Crippen molar-refractivity contribution in [1.29, 1.82) is 0 Å². The largest absolute Gasteiger partial charge is 0.313 e. The summed E-state index contributed by atoms with van der Waals surface area (Å²) in [6, 6.07) is 4.64. The summed E-state index contributed by atoms with van der Waals surface area (Å²) < 4.78 is 13.6. The molecular weight excluding hydrogens is 273 g/mol. The highest BCUT2D eigenvalue weighted by molar-refractivity contribution is 5.34. The maximum Gasteiger partial charge on any atom is 0.304 e. The summed E-state index contributed by atoms with van der Waals surface area (Å²) in [6.45, 7) is 5.55. The molecule has 21 heavy (non-hydrogen) atoms. The molecule has 1 fully saturated rings. The Bertz CT molecular complexity index is 490.